The van der Waals surface area contributed by atoms with Gasteiger partial charge in [-0.3, -0.25) is 9.59 Å². The number of aliphatic hydroxyl groups is 2. The number of rotatable bonds is 58. The van der Waals surface area contributed by atoms with Gasteiger partial charge in [0.25, 0.3) is 0 Å². The Bertz CT molecular complexity index is 1020. The van der Waals surface area contributed by atoms with Crippen LogP contribution in [0.5, 0.6) is 0 Å². The molecule has 6 nitrogen and oxygen atoms in total. The van der Waals surface area contributed by atoms with Crippen LogP contribution in [-0.4, -0.2) is 47.4 Å². The molecule has 0 fully saturated rings. The minimum absolute atomic E-state index is 0.0117. The molecule has 0 bridgehead atoms. The lowest BCUT2D eigenvalue weighted by Gasteiger charge is -2.22. The van der Waals surface area contributed by atoms with E-state index in [2.05, 4.69) is 31.3 Å². The minimum atomic E-state index is -0.661. The number of nitrogens with one attached hydrogen (secondary N) is 1. The molecule has 1 amide bonds. The standard InChI is InChI=1S/C62H121NO5/c1-3-5-7-9-11-13-15-16-17-25-29-32-36-40-44-48-52-56-62(67)68-57-53-49-45-41-37-33-30-27-24-22-20-18-19-21-23-26-28-31-35-39-43-47-51-55-61(66)63-59(58-64)60(65)54-50-46-42-38-34-14-12-10-8-6-4-2/h16-17,59-60,64-65H,3-15,18-58H2,1-2H3,(H,63,66)/b17-16-. The van der Waals surface area contributed by atoms with Crippen molar-refractivity contribution in [3.05, 3.63) is 12.2 Å². The van der Waals surface area contributed by atoms with E-state index in [1.165, 1.54) is 270 Å². The van der Waals surface area contributed by atoms with E-state index < -0.39 is 12.1 Å². The Morgan fingerprint density at radius 2 is 0.691 bits per heavy atom. The van der Waals surface area contributed by atoms with Crippen molar-refractivity contribution < 1.29 is 24.5 Å². The van der Waals surface area contributed by atoms with Crippen LogP contribution in [0.2, 0.25) is 0 Å². The smallest absolute Gasteiger partial charge is 0.305 e. The second-order valence-electron chi connectivity index (χ2n) is 21.4. The highest BCUT2D eigenvalue weighted by atomic mass is 16.5. The SMILES string of the molecule is CCCCCCCC/C=C\CCCCCCCCCC(=O)OCCCCCCCCCCCCCCCCCCCCCCCCCC(=O)NC(CO)C(O)CCCCCCCCCCCCC. The average molecular weight is 961 g/mol. The van der Waals surface area contributed by atoms with Gasteiger partial charge in [-0.25, -0.2) is 0 Å². The molecule has 0 heterocycles. The summed E-state index contributed by atoms with van der Waals surface area (Å²) in [5.74, 6) is -0.0223. The van der Waals surface area contributed by atoms with E-state index in [0.717, 1.165) is 44.9 Å². The Labute approximate surface area is 425 Å². The summed E-state index contributed by atoms with van der Waals surface area (Å²) in [6.45, 7) is 4.96. The van der Waals surface area contributed by atoms with Crippen molar-refractivity contribution in [2.45, 2.75) is 360 Å². The molecular weight excluding hydrogens is 839 g/mol. The molecule has 0 aromatic carbocycles. The molecule has 2 atom stereocenters. The van der Waals surface area contributed by atoms with Crippen LogP contribution in [0.4, 0.5) is 0 Å². The second-order valence-corrected chi connectivity index (χ2v) is 21.4. The highest BCUT2D eigenvalue weighted by Crippen LogP contribution is 2.18. The highest BCUT2D eigenvalue weighted by Gasteiger charge is 2.20. The lowest BCUT2D eigenvalue weighted by atomic mass is 10.0. The van der Waals surface area contributed by atoms with E-state index in [4.69, 9.17) is 4.74 Å². The Morgan fingerprint density at radius 3 is 1.04 bits per heavy atom. The molecule has 0 radical (unpaired) electrons. The van der Waals surface area contributed by atoms with Crippen LogP contribution < -0.4 is 5.32 Å². The highest BCUT2D eigenvalue weighted by molar-refractivity contribution is 5.76. The Hall–Kier alpha value is -1.40. The maximum atomic E-state index is 12.4. The van der Waals surface area contributed by atoms with E-state index in [1.54, 1.807) is 0 Å². The summed E-state index contributed by atoms with van der Waals surface area (Å²) < 4.78 is 5.49. The van der Waals surface area contributed by atoms with Gasteiger partial charge in [0.15, 0.2) is 0 Å². The molecule has 68 heavy (non-hydrogen) atoms. The quantitative estimate of drug-likeness (QED) is 0.0321. The molecular formula is C62H121NO5. The molecule has 6 heteroatoms. The summed E-state index contributed by atoms with van der Waals surface area (Å²) >= 11 is 0. The van der Waals surface area contributed by atoms with Crippen LogP contribution >= 0.6 is 0 Å². The van der Waals surface area contributed by atoms with Crippen molar-refractivity contribution in [2.24, 2.45) is 0 Å². The van der Waals surface area contributed by atoms with Gasteiger partial charge in [0.2, 0.25) is 5.91 Å². The maximum Gasteiger partial charge on any atom is 0.305 e. The van der Waals surface area contributed by atoms with Gasteiger partial charge in [-0.15, -0.1) is 0 Å². The summed E-state index contributed by atoms with van der Waals surface area (Å²) in [4.78, 5) is 24.5. The number of ether oxygens (including phenoxy) is 1. The number of carbonyl (C=O) groups is 2. The van der Waals surface area contributed by atoms with Crippen molar-refractivity contribution in [3.63, 3.8) is 0 Å². The molecule has 3 N–H and O–H groups in total. The van der Waals surface area contributed by atoms with Gasteiger partial charge in [0, 0.05) is 12.8 Å². The molecule has 0 saturated carbocycles. The van der Waals surface area contributed by atoms with Crippen LogP contribution in [0.3, 0.4) is 0 Å². The molecule has 0 rings (SSSR count). The summed E-state index contributed by atoms with van der Waals surface area (Å²) in [6.07, 6.45) is 69.4. The molecule has 0 aliphatic carbocycles. The molecule has 0 aliphatic heterocycles. The van der Waals surface area contributed by atoms with Crippen LogP contribution in [0.1, 0.15) is 348 Å². The summed E-state index contributed by atoms with van der Waals surface area (Å²) in [5.41, 5.74) is 0. The first-order chi connectivity index (χ1) is 33.5. The lowest BCUT2D eigenvalue weighted by Crippen LogP contribution is -2.45. The molecule has 0 aliphatic rings. The largest absolute Gasteiger partial charge is 0.466 e. The number of hydrogen-bond acceptors (Lipinski definition) is 5. The number of allylic oxidation sites excluding steroid dienone is 2. The zero-order chi connectivity index (χ0) is 49.3. The number of carbonyl (C=O) groups excluding carboxylic acids is 2. The van der Waals surface area contributed by atoms with Crippen LogP contribution in [0.25, 0.3) is 0 Å². The van der Waals surface area contributed by atoms with Crippen molar-refractivity contribution in [3.8, 4) is 0 Å². The van der Waals surface area contributed by atoms with Crippen molar-refractivity contribution in [1.29, 1.82) is 0 Å². The summed E-state index contributed by atoms with van der Waals surface area (Å²) in [5, 5.41) is 23.2. The van der Waals surface area contributed by atoms with Gasteiger partial charge >= 0.3 is 5.97 Å². The Balaban J connectivity index is 3.34. The predicted octanol–water partition coefficient (Wildman–Crippen LogP) is 19.2. The maximum absolute atomic E-state index is 12.4. The van der Waals surface area contributed by atoms with Gasteiger partial charge in [-0.2, -0.15) is 0 Å². The first-order valence-electron chi connectivity index (χ1n) is 30.9. The van der Waals surface area contributed by atoms with E-state index in [0.29, 0.717) is 25.9 Å². The van der Waals surface area contributed by atoms with E-state index in [-0.39, 0.29) is 18.5 Å². The average Bonchev–Trinajstić information content (AvgIpc) is 3.34. The Kier molecular flexibility index (Phi) is 57.0. The molecule has 404 valence electrons. The normalized spacial score (nSPS) is 12.6. The first-order valence-corrected chi connectivity index (χ1v) is 30.9. The number of unbranched alkanes of at least 4 members (excludes halogenated alkanes) is 45. The summed E-state index contributed by atoms with van der Waals surface area (Å²) in [6, 6.07) is -0.539. The number of aliphatic hydroxyl groups excluding tert-OH is 2. The molecule has 0 aromatic heterocycles. The molecule has 0 aromatic rings. The van der Waals surface area contributed by atoms with E-state index >= 15 is 0 Å². The van der Waals surface area contributed by atoms with Gasteiger partial charge in [0.05, 0.1) is 25.4 Å². The monoisotopic (exact) mass is 960 g/mol. The van der Waals surface area contributed by atoms with E-state index in [9.17, 15) is 19.8 Å². The zero-order valence-corrected chi connectivity index (χ0v) is 46.1. The van der Waals surface area contributed by atoms with Crippen LogP contribution in [0, 0.1) is 0 Å². The van der Waals surface area contributed by atoms with Gasteiger partial charge < -0.3 is 20.3 Å². The fraction of sp³-hybridized carbons (Fsp3) is 0.935. The van der Waals surface area contributed by atoms with E-state index in [1.807, 2.05) is 0 Å². The molecule has 0 spiro atoms. The Morgan fingerprint density at radius 1 is 0.397 bits per heavy atom. The van der Waals surface area contributed by atoms with Crippen LogP contribution in [-0.2, 0) is 14.3 Å². The van der Waals surface area contributed by atoms with Gasteiger partial charge in [-0.05, 0) is 51.4 Å². The second kappa shape index (κ2) is 58.2. The first kappa shape index (κ1) is 66.6. The van der Waals surface area contributed by atoms with Gasteiger partial charge in [0.1, 0.15) is 0 Å². The lowest BCUT2D eigenvalue weighted by molar-refractivity contribution is -0.143. The van der Waals surface area contributed by atoms with Crippen molar-refractivity contribution in [1.82, 2.24) is 5.32 Å². The fourth-order valence-electron chi connectivity index (χ4n) is 9.81. The zero-order valence-electron chi connectivity index (χ0n) is 46.1. The topological polar surface area (TPSA) is 95.9 Å². The minimum Gasteiger partial charge on any atom is -0.466 e. The number of esters is 1. The molecule has 2 unspecified atom stereocenters. The molecule has 0 saturated heterocycles. The summed E-state index contributed by atoms with van der Waals surface area (Å²) in [7, 11) is 0. The third kappa shape index (κ3) is 53.9. The van der Waals surface area contributed by atoms with Crippen LogP contribution in [0.15, 0.2) is 12.2 Å². The van der Waals surface area contributed by atoms with Gasteiger partial charge in [-0.1, -0.05) is 296 Å². The third-order valence-corrected chi connectivity index (χ3v) is 14.6. The van der Waals surface area contributed by atoms with Crippen molar-refractivity contribution in [2.75, 3.05) is 13.2 Å². The number of hydrogen-bond donors (Lipinski definition) is 3. The fourth-order valence-corrected chi connectivity index (χ4v) is 9.81. The predicted molar refractivity (Wildman–Crippen MR) is 297 cm³/mol. The third-order valence-electron chi connectivity index (χ3n) is 14.6. The van der Waals surface area contributed by atoms with Crippen molar-refractivity contribution >= 4 is 11.9 Å². The number of amides is 1.